The Morgan fingerprint density at radius 2 is 2.23 bits per heavy atom. The van der Waals surface area contributed by atoms with E-state index in [1.807, 2.05) is 0 Å². The largest absolute Gasteiger partial charge is 0.480 e. The molecule has 0 aliphatic rings. The second-order valence-electron chi connectivity index (χ2n) is 4.42. The van der Waals surface area contributed by atoms with E-state index in [0.29, 0.717) is 5.56 Å². The van der Waals surface area contributed by atoms with E-state index in [1.54, 1.807) is 0 Å². The number of ether oxygens (including phenoxy) is 1. The molecule has 0 saturated heterocycles. The van der Waals surface area contributed by atoms with E-state index < -0.39 is 22.8 Å². The van der Waals surface area contributed by atoms with Crippen LogP contribution in [0.5, 0.6) is 0 Å². The van der Waals surface area contributed by atoms with Gasteiger partial charge in [-0.1, -0.05) is 18.2 Å². The summed E-state index contributed by atoms with van der Waals surface area (Å²) < 4.78 is 5.00. The molecule has 0 spiro atoms. The van der Waals surface area contributed by atoms with Gasteiger partial charge < -0.3 is 15.2 Å². The van der Waals surface area contributed by atoms with Gasteiger partial charge in [-0.05, 0) is 13.0 Å². The number of carboxylic acid groups (broad SMARTS) is 1. The van der Waals surface area contributed by atoms with Crippen molar-refractivity contribution in [2.75, 3.05) is 13.2 Å². The van der Waals surface area contributed by atoms with E-state index in [9.17, 15) is 19.7 Å². The van der Waals surface area contributed by atoms with Gasteiger partial charge >= 0.3 is 5.97 Å². The zero-order chi connectivity index (χ0) is 16.7. The number of nitro groups is 1. The minimum Gasteiger partial charge on any atom is -0.480 e. The smallest absolute Gasteiger partial charge is 0.328 e. The fraction of sp³-hybridized carbons (Fsp3) is 0.286. The maximum absolute atomic E-state index is 12.1. The van der Waals surface area contributed by atoms with E-state index in [1.165, 1.54) is 31.2 Å². The van der Waals surface area contributed by atoms with Crippen molar-refractivity contribution in [3.63, 3.8) is 0 Å². The highest BCUT2D eigenvalue weighted by Crippen LogP contribution is 2.22. The van der Waals surface area contributed by atoms with Crippen LogP contribution in [0.15, 0.2) is 30.9 Å². The van der Waals surface area contributed by atoms with Gasteiger partial charge in [0.25, 0.3) is 11.6 Å². The van der Waals surface area contributed by atoms with Gasteiger partial charge in [0, 0.05) is 5.56 Å². The zero-order valence-electron chi connectivity index (χ0n) is 11.9. The zero-order valence-corrected chi connectivity index (χ0v) is 11.9. The first-order valence-corrected chi connectivity index (χ1v) is 6.34. The Labute approximate surface area is 126 Å². The van der Waals surface area contributed by atoms with Crippen LogP contribution in [0.4, 0.5) is 5.69 Å². The molecule has 1 aromatic rings. The van der Waals surface area contributed by atoms with E-state index in [2.05, 4.69) is 11.9 Å². The second kappa shape index (κ2) is 7.89. The molecule has 0 heterocycles. The van der Waals surface area contributed by atoms with Gasteiger partial charge in [-0.15, -0.1) is 6.58 Å². The van der Waals surface area contributed by atoms with Gasteiger partial charge in [0.05, 0.1) is 18.1 Å². The van der Waals surface area contributed by atoms with E-state index in [4.69, 9.17) is 9.84 Å². The summed E-state index contributed by atoms with van der Waals surface area (Å²) in [5.41, 5.74) is -0.233. The van der Waals surface area contributed by atoms with Crippen LogP contribution >= 0.6 is 0 Å². The lowest BCUT2D eigenvalue weighted by atomic mass is 10.1. The molecule has 1 unspecified atom stereocenters. The van der Waals surface area contributed by atoms with Crippen molar-refractivity contribution in [1.82, 2.24) is 5.32 Å². The Morgan fingerprint density at radius 3 is 2.77 bits per heavy atom. The second-order valence-corrected chi connectivity index (χ2v) is 4.42. The fourth-order valence-electron chi connectivity index (χ4n) is 1.76. The molecule has 22 heavy (non-hydrogen) atoms. The molecular weight excluding hydrogens is 292 g/mol. The number of aliphatic carboxylic acids is 1. The number of nitrogens with one attached hydrogen (secondary N) is 1. The molecule has 0 bridgehead atoms. The van der Waals surface area contributed by atoms with Crippen molar-refractivity contribution >= 4 is 17.6 Å². The summed E-state index contributed by atoms with van der Waals surface area (Å²) in [4.78, 5) is 33.6. The first kappa shape index (κ1) is 17.3. The van der Waals surface area contributed by atoms with Gasteiger partial charge in [-0.2, -0.15) is 0 Å². The van der Waals surface area contributed by atoms with Crippen molar-refractivity contribution in [2.45, 2.75) is 13.0 Å². The van der Waals surface area contributed by atoms with Gasteiger partial charge in [-0.3, -0.25) is 14.9 Å². The Kier molecular flexibility index (Phi) is 6.21. The monoisotopic (exact) mass is 308 g/mol. The molecule has 118 valence electrons. The lowest BCUT2D eigenvalue weighted by Crippen LogP contribution is -2.44. The maximum atomic E-state index is 12.1. The number of carbonyl (C=O) groups excluding carboxylic acids is 1. The Hall–Kier alpha value is -2.74. The normalized spacial score (nSPS) is 11.5. The van der Waals surface area contributed by atoms with E-state index >= 15 is 0 Å². The first-order chi connectivity index (χ1) is 10.4. The standard InChI is InChI=1S/C14H16N2O6/c1-3-7-22-8-11(14(18)19)15-13(17)10-6-4-5-9(2)12(10)16(20)21/h3-6,11H,1,7-8H2,2H3,(H,15,17)(H,18,19). The van der Waals surface area contributed by atoms with Crippen LogP contribution in [-0.2, 0) is 9.53 Å². The van der Waals surface area contributed by atoms with Gasteiger partial charge in [0.15, 0.2) is 6.04 Å². The third kappa shape index (κ3) is 4.38. The van der Waals surface area contributed by atoms with E-state index in [-0.39, 0.29) is 24.5 Å². The molecule has 0 aliphatic carbocycles. The predicted octanol–water partition coefficient (Wildman–Crippen LogP) is 1.29. The number of carbonyl (C=O) groups is 2. The van der Waals surface area contributed by atoms with Crippen LogP contribution < -0.4 is 5.32 Å². The van der Waals surface area contributed by atoms with Crippen LogP contribution in [0, 0.1) is 17.0 Å². The molecule has 2 N–H and O–H groups in total. The van der Waals surface area contributed by atoms with Gasteiger partial charge in [-0.25, -0.2) is 4.79 Å². The van der Waals surface area contributed by atoms with Gasteiger partial charge in [0.2, 0.25) is 0 Å². The number of benzene rings is 1. The average molecular weight is 308 g/mol. The highest BCUT2D eigenvalue weighted by Gasteiger charge is 2.26. The highest BCUT2D eigenvalue weighted by atomic mass is 16.6. The fourth-order valence-corrected chi connectivity index (χ4v) is 1.76. The van der Waals surface area contributed by atoms with E-state index in [0.717, 1.165) is 0 Å². The summed E-state index contributed by atoms with van der Waals surface area (Å²) in [6.07, 6.45) is 1.44. The topological polar surface area (TPSA) is 119 Å². The summed E-state index contributed by atoms with van der Waals surface area (Å²) in [5, 5.41) is 22.3. The summed E-state index contributed by atoms with van der Waals surface area (Å²) in [6, 6.07) is 2.94. The Bertz CT molecular complexity index is 599. The Balaban J connectivity index is 2.95. The highest BCUT2D eigenvalue weighted by molar-refractivity contribution is 6.00. The van der Waals surface area contributed by atoms with Gasteiger partial charge in [0.1, 0.15) is 5.56 Å². The first-order valence-electron chi connectivity index (χ1n) is 6.34. The average Bonchev–Trinajstić information content (AvgIpc) is 2.45. The van der Waals surface area contributed by atoms with Crippen molar-refractivity contribution < 1.29 is 24.4 Å². The molecule has 0 saturated carbocycles. The number of carboxylic acids is 1. The number of rotatable bonds is 8. The predicted molar refractivity (Wildman–Crippen MR) is 77.7 cm³/mol. The third-order valence-corrected chi connectivity index (χ3v) is 2.79. The van der Waals surface area contributed by atoms with Crippen LogP contribution in [0.25, 0.3) is 0 Å². The number of amides is 1. The molecule has 0 aromatic heterocycles. The van der Waals surface area contributed by atoms with Crippen molar-refractivity contribution in [3.05, 3.63) is 52.1 Å². The van der Waals surface area contributed by atoms with Crippen molar-refractivity contribution in [2.24, 2.45) is 0 Å². The molecule has 1 amide bonds. The molecule has 0 fully saturated rings. The SMILES string of the molecule is C=CCOCC(NC(=O)c1cccc(C)c1[N+](=O)[O-])C(=O)O. The summed E-state index contributed by atoms with van der Waals surface area (Å²) >= 11 is 0. The lowest BCUT2D eigenvalue weighted by Gasteiger charge is -2.14. The summed E-state index contributed by atoms with van der Waals surface area (Å²) in [7, 11) is 0. The number of nitro benzene ring substituents is 1. The van der Waals surface area contributed by atoms with Crippen LogP contribution in [0.2, 0.25) is 0 Å². The summed E-state index contributed by atoms with van der Waals surface area (Å²) in [6.45, 7) is 4.77. The minimum atomic E-state index is -1.31. The number of para-hydroxylation sites is 1. The molecule has 0 aliphatic heterocycles. The van der Waals surface area contributed by atoms with Crippen LogP contribution in [0.1, 0.15) is 15.9 Å². The quantitative estimate of drug-likeness (QED) is 0.323. The minimum absolute atomic E-state index is 0.129. The Morgan fingerprint density at radius 1 is 1.55 bits per heavy atom. The molecule has 1 aromatic carbocycles. The molecule has 8 nitrogen and oxygen atoms in total. The lowest BCUT2D eigenvalue weighted by molar-refractivity contribution is -0.385. The molecule has 1 atom stereocenters. The number of nitrogens with zero attached hydrogens (tertiary/aromatic N) is 1. The van der Waals surface area contributed by atoms with Crippen molar-refractivity contribution in [1.29, 1.82) is 0 Å². The molecule has 8 heteroatoms. The number of hydrogen-bond donors (Lipinski definition) is 2. The molecule has 0 radical (unpaired) electrons. The number of hydrogen-bond acceptors (Lipinski definition) is 5. The molecule has 1 rings (SSSR count). The third-order valence-electron chi connectivity index (χ3n) is 2.79. The summed E-state index contributed by atoms with van der Waals surface area (Å²) in [5.74, 6) is -2.14. The van der Waals surface area contributed by atoms with Crippen LogP contribution in [-0.4, -0.2) is 41.2 Å². The van der Waals surface area contributed by atoms with Crippen LogP contribution in [0.3, 0.4) is 0 Å². The number of aryl methyl sites for hydroxylation is 1. The van der Waals surface area contributed by atoms with Crippen molar-refractivity contribution in [3.8, 4) is 0 Å². The maximum Gasteiger partial charge on any atom is 0.328 e. The molecular formula is C14H16N2O6.